The molecule has 1 unspecified atom stereocenters. The van der Waals surface area contributed by atoms with Gasteiger partial charge in [0.25, 0.3) is 0 Å². The Labute approximate surface area is 88.3 Å². The van der Waals surface area contributed by atoms with E-state index in [-0.39, 0.29) is 12.2 Å². The van der Waals surface area contributed by atoms with E-state index in [9.17, 15) is 4.79 Å². The van der Waals surface area contributed by atoms with Crippen LogP contribution in [0, 0.1) is 0 Å². The fraction of sp³-hybridized carbons (Fsp3) is 0.250. The number of allylic oxidation sites excluding steroid dienone is 1. The van der Waals surface area contributed by atoms with Gasteiger partial charge in [0.15, 0.2) is 5.78 Å². The maximum Gasteiger partial charge on any atom is 0.206 e. The predicted octanol–water partition coefficient (Wildman–Crippen LogP) is 1.99. The van der Waals surface area contributed by atoms with Crippen molar-refractivity contribution < 1.29 is 14.3 Å². The fourth-order valence-electron chi connectivity index (χ4n) is 1.47. The molecule has 0 aromatic heterocycles. The molecule has 2 rings (SSSR count). The Morgan fingerprint density at radius 3 is 2.73 bits per heavy atom. The summed E-state index contributed by atoms with van der Waals surface area (Å²) in [6, 6.07) is 9.53. The van der Waals surface area contributed by atoms with Crippen LogP contribution in [0.3, 0.4) is 0 Å². The maximum atomic E-state index is 11.4. The Morgan fingerprint density at radius 2 is 2.07 bits per heavy atom. The molecule has 0 amide bonds. The molecule has 78 valence electrons. The van der Waals surface area contributed by atoms with E-state index in [1.54, 1.807) is 0 Å². The molecule has 0 saturated heterocycles. The minimum Gasteiger partial charge on any atom is -0.464 e. The largest absolute Gasteiger partial charge is 0.464 e. The molecule has 0 spiro atoms. The van der Waals surface area contributed by atoms with Gasteiger partial charge < -0.3 is 9.47 Å². The van der Waals surface area contributed by atoms with E-state index < -0.39 is 6.29 Å². The van der Waals surface area contributed by atoms with Gasteiger partial charge in [-0.2, -0.15) is 0 Å². The molecule has 3 heteroatoms. The van der Waals surface area contributed by atoms with Crippen LogP contribution in [0.2, 0.25) is 0 Å². The molecule has 1 atom stereocenters. The second kappa shape index (κ2) is 4.28. The molecule has 0 saturated carbocycles. The number of methoxy groups -OCH3 is 1. The maximum absolute atomic E-state index is 11.4. The average Bonchev–Trinajstić information content (AvgIpc) is 2.29. The molecular weight excluding hydrogens is 192 g/mol. The van der Waals surface area contributed by atoms with Gasteiger partial charge in [0, 0.05) is 18.7 Å². The summed E-state index contributed by atoms with van der Waals surface area (Å²) in [4.78, 5) is 11.4. The number of benzene rings is 1. The summed E-state index contributed by atoms with van der Waals surface area (Å²) in [5.41, 5.74) is 0.896. The van der Waals surface area contributed by atoms with Crippen molar-refractivity contribution in [2.75, 3.05) is 7.11 Å². The molecule has 0 aliphatic carbocycles. The summed E-state index contributed by atoms with van der Waals surface area (Å²) < 4.78 is 10.5. The second-order valence-corrected chi connectivity index (χ2v) is 3.33. The van der Waals surface area contributed by atoms with Crippen LogP contribution in [0.15, 0.2) is 36.4 Å². The van der Waals surface area contributed by atoms with Gasteiger partial charge >= 0.3 is 0 Å². The number of ketones is 1. The van der Waals surface area contributed by atoms with E-state index in [4.69, 9.17) is 9.47 Å². The zero-order valence-electron chi connectivity index (χ0n) is 8.47. The summed E-state index contributed by atoms with van der Waals surface area (Å²) in [5, 5.41) is 0. The SMILES string of the molecule is COC1CC(=O)C=C(c2ccccc2)O1. The van der Waals surface area contributed by atoms with Gasteiger partial charge in [-0.3, -0.25) is 4.79 Å². The van der Waals surface area contributed by atoms with E-state index in [0.29, 0.717) is 5.76 Å². The Balaban J connectivity index is 2.26. The van der Waals surface area contributed by atoms with E-state index in [1.807, 2.05) is 30.3 Å². The zero-order chi connectivity index (χ0) is 10.7. The normalized spacial score (nSPS) is 20.7. The van der Waals surface area contributed by atoms with Crippen LogP contribution >= 0.6 is 0 Å². The van der Waals surface area contributed by atoms with Crippen molar-refractivity contribution in [3.63, 3.8) is 0 Å². The van der Waals surface area contributed by atoms with Crippen LogP contribution < -0.4 is 0 Å². The molecule has 0 N–H and O–H groups in total. The lowest BCUT2D eigenvalue weighted by molar-refractivity contribution is -0.129. The Morgan fingerprint density at radius 1 is 1.33 bits per heavy atom. The van der Waals surface area contributed by atoms with Crippen molar-refractivity contribution in [2.24, 2.45) is 0 Å². The highest BCUT2D eigenvalue weighted by Crippen LogP contribution is 2.23. The zero-order valence-corrected chi connectivity index (χ0v) is 8.47. The highest BCUT2D eigenvalue weighted by atomic mass is 16.7. The molecule has 3 nitrogen and oxygen atoms in total. The van der Waals surface area contributed by atoms with Crippen molar-refractivity contribution in [1.82, 2.24) is 0 Å². The molecule has 0 fully saturated rings. The van der Waals surface area contributed by atoms with E-state index in [0.717, 1.165) is 5.56 Å². The molecule has 1 aliphatic rings. The van der Waals surface area contributed by atoms with Gasteiger partial charge in [-0.1, -0.05) is 30.3 Å². The van der Waals surface area contributed by atoms with E-state index in [1.165, 1.54) is 13.2 Å². The van der Waals surface area contributed by atoms with Crippen LogP contribution in [0.4, 0.5) is 0 Å². The van der Waals surface area contributed by atoms with Gasteiger partial charge in [0.1, 0.15) is 5.76 Å². The summed E-state index contributed by atoms with van der Waals surface area (Å²) in [5.74, 6) is 0.616. The molecule has 1 aromatic rings. The summed E-state index contributed by atoms with van der Waals surface area (Å²) in [7, 11) is 1.53. The van der Waals surface area contributed by atoms with Crippen LogP contribution in [0.1, 0.15) is 12.0 Å². The monoisotopic (exact) mass is 204 g/mol. The molecular formula is C12H12O3. The third-order valence-corrected chi connectivity index (χ3v) is 2.24. The second-order valence-electron chi connectivity index (χ2n) is 3.33. The van der Waals surface area contributed by atoms with Crippen molar-refractivity contribution in [3.8, 4) is 0 Å². The first-order valence-electron chi connectivity index (χ1n) is 4.79. The predicted molar refractivity (Wildman–Crippen MR) is 55.9 cm³/mol. The first kappa shape index (κ1) is 9.93. The van der Waals surface area contributed by atoms with Crippen LogP contribution in [-0.2, 0) is 14.3 Å². The van der Waals surface area contributed by atoms with E-state index >= 15 is 0 Å². The van der Waals surface area contributed by atoms with Crippen molar-refractivity contribution in [3.05, 3.63) is 42.0 Å². The summed E-state index contributed by atoms with van der Waals surface area (Å²) >= 11 is 0. The minimum atomic E-state index is -0.460. The lowest BCUT2D eigenvalue weighted by Gasteiger charge is -2.22. The Kier molecular flexibility index (Phi) is 2.83. The minimum absolute atomic E-state index is 0.0342. The number of ether oxygens (including phenoxy) is 2. The number of carbonyl (C=O) groups is 1. The smallest absolute Gasteiger partial charge is 0.206 e. The standard InChI is InChI=1S/C12H12O3/c1-14-12-8-10(13)7-11(15-12)9-5-3-2-4-6-9/h2-7,12H,8H2,1H3. The number of rotatable bonds is 2. The topological polar surface area (TPSA) is 35.5 Å². The molecule has 0 bridgehead atoms. The number of hydrogen-bond acceptors (Lipinski definition) is 3. The van der Waals surface area contributed by atoms with Gasteiger partial charge in [0.2, 0.25) is 6.29 Å². The fourth-order valence-corrected chi connectivity index (χ4v) is 1.47. The number of carbonyl (C=O) groups excluding carboxylic acids is 1. The van der Waals surface area contributed by atoms with Crippen molar-refractivity contribution in [2.45, 2.75) is 12.7 Å². The highest BCUT2D eigenvalue weighted by Gasteiger charge is 2.21. The third kappa shape index (κ3) is 2.25. The molecule has 15 heavy (non-hydrogen) atoms. The van der Waals surface area contributed by atoms with Gasteiger partial charge in [0.05, 0.1) is 6.42 Å². The van der Waals surface area contributed by atoms with Crippen molar-refractivity contribution in [1.29, 1.82) is 0 Å². The van der Waals surface area contributed by atoms with Gasteiger partial charge in [-0.05, 0) is 0 Å². The lowest BCUT2D eigenvalue weighted by Crippen LogP contribution is -2.22. The van der Waals surface area contributed by atoms with E-state index in [2.05, 4.69) is 0 Å². The van der Waals surface area contributed by atoms with Crippen LogP contribution in [-0.4, -0.2) is 19.2 Å². The Bertz CT molecular complexity index is 381. The third-order valence-electron chi connectivity index (χ3n) is 2.24. The van der Waals surface area contributed by atoms with Crippen LogP contribution in [0.5, 0.6) is 0 Å². The molecule has 1 aromatic carbocycles. The molecule has 1 aliphatic heterocycles. The Hall–Kier alpha value is -1.61. The molecule has 0 radical (unpaired) electrons. The quantitative estimate of drug-likeness (QED) is 0.739. The first-order valence-corrected chi connectivity index (χ1v) is 4.79. The first-order chi connectivity index (χ1) is 7.29. The average molecular weight is 204 g/mol. The van der Waals surface area contributed by atoms with Gasteiger partial charge in [-0.25, -0.2) is 0 Å². The lowest BCUT2D eigenvalue weighted by atomic mass is 10.1. The van der Waals surface area contributed by atoms with Crippen LogP contribution in [0.25, 0.3) is 5.76 Å². The van der Waals surface area contributed by atoms with Crippen molar-refractivity contribution >= 4 is 11.5 Å². The summed E-state index contributed by atoms with van der Waals surface area (Å²) in [6.07, 6.45) is 1.34. The van der Waals surface area contributed by atoms with Gasteiger partial charge in [-0.15, -0.1) is 0 Å². The highest BCUT2D eigenvalue weighted by molar-refractivity contribution is 5.97. The summed E-state index contributed by atoms with van der Waals surface area (Å²) in [6.45, 7) is 0. The molecule has 1 heterocycles. The number of hydrogen-bond donors (Lipinski definition) is 0.